The maximum atomic E-state index is 6.66. The van der Waals surface area contributed by atoms with Crippen LogP contribution in [0.5, 0.6) is 0 Å². The van der Waals surface area contributed by atoms with Crippen LogP contribution < -0.4 is 0 Å². The fraction of sp³-hybridized carbons (Fsp3) is 0.312. The Morgan fingerprint density at radius 1 is 1.24 bits per heavy atom. The number of hydrogen-bond acceptors (Lipinski definition) is 4. The van der Waals surface area contributed by atoms with Crippen LogP contribution in [0.3, 0.4) is 0 Å². The molecule has 1 atom stereocenters. The third kappa shape index (κ3) is 2.87. The lowest BCUT2D eigenvalue weighted by molar-refractivity contribution is 0.928. The van der Waals surface area contributed by atoms with Crippen molar-refractivity contribution in [3.8, 4) is 0 Å². The number of benzene rings is 1. The van der Waals surface area contributed by atoms with Gasteiger partial charge in [0.05, 0.1) is 20.6 Å². The molecule has 0 radical (unpaired) electrons. The van der Waals surface area contributed by atoms with Crippen LogP contribution in [0, 0.1) is 0 Å². The summed E-state index contributed by atoms with van der Waals surface area (Å²) < 4.78 is 1.25. The lowest BCUT2D eigenvalue weighted by Gasteiger charge is -2.08. The van der Waals surface area contributed by atoms with Crippen LogP contribution in [-0.4, -0.2) is 10.7 Å². The summed E-state index contributed by atoms with van der Waals surface area (Å²) in [5.41, 5.74) is 2.59. The largest absolute Gasteiger partial charge is 0.241 e. The fourth-order valence-corrected chi connectivity index (χ4v) is 6.39. The third-order valence-corrected chi connectivity index (χ3v) is 7.58. The molecule has 2 aromatic heterocycles. The van der Waals surface area contributed by atoms with E-state index in [1.54, 1.807) is 16.2 Å². The molecule has 5 heteroatoms. The fourth-order valence-electron chi connectivity index (χ4n) is 2.59. The molecule has 0 saturated carbocycles. The molecule has 1 aliphatic rings. The molecule has 1 unspecified atom stereocenters. The Bertz CT molecular complexity index is 720. The van der Waals surface area contributed by atoms with Gasteiger partial charge in [0.25, 0.3) is 0 Å². The summed E-state index contributed by atoms with van der Waals surface area (Å²) in [4.78, 5) is 7.54. The molecule has 1 aromatic carbocycles. The van der Waals surface area contributed by atoms with Crippen molar-refractivity contribution in [1.29, 1.82) is 0 Å². The molecular weight excluding hydrogens is 338 g/mol. The number of thioether (sulfide) groups is 1. The van der Waals surface area contributed by atoms with E-state index < -0.39 is 0 Å². The Labute approximate surface area is 141 Å². The Kier molecular flexibility index (Phi) is 3.96. The summed E-state index contributed by atoms with van der Waals surface area (Å²) >= 11 is 12.3. The minimum atomic E-state index is 0.0474. The van der Waals surface area contributed by atoms with Crippen LogP contribution in [0.15, 0.2) is 30.3 Å². The average Bonchev–Trinajstić information content (AvgIpc) is 3.10. The van der Waals surface area contributed by atoms with Crippen LogP contribution in [0.4, 0.5) is 0 Å². The van der Waals surface area contributed by atoms with E-state index in [2.05, 4.69) is 24.3 Å². The van der Waals surface area contributed by atoms with Gasteiger partial charge in [0.2, 0.25) is 0 Å². The second-order valence-corrected chi connectivity index (χ2v) is 9.06. The number of aromatic nitrogens is 1. The summed E-state index contributed by atoms with van der Waals surface area (Å²) in [5.74, 6) is 2.40. The van der Waals surface area contributed by atoms with Gasteiger partial charge in [-0.15, -0.1) is 34.3 Å². The SMILES string of the molecule is ClC(Cc1nc2ccccc2s1)c1cc2c(s1)CCSC2. The Morgan fingerprint density at radius 3 is 3.00 bits per heavy atom. The topological polar surface area (TPSA) is 12.9 Å². The van der Waals surface area contributed by atoms with Crippen molar-refractivity contribution in [1.82, 2.24) is 4.98 Å². The van der Waals surface area contributed by atoms with Crippen molar-refractivity contribution in [2.24, 2.45) is 0 Å². The number of aryl methyl sites for hydroxylation is 1. The average molecular weight is 352 g/mol. The minimum Gasteiger partial charge on any atom is -0.241 e. The Balaban J connectivity index is 1.57. The van der Waals surface area contributed by atoms with Gasteiger partial charge in [0.15, 0.2) is 0 Å². The van der Waals surface area contributed by atoms with Crippen molar-refractivity contribution in [3.63, 3.8) is 0 Å². The van der Waals surface area contributed by atoms with Crippen molar-refractivity contribution >= 4 is 56.3 Å². The van der Waals surface area contributed by atoms with Gasteiger partial charge in [-0.2, -0.15) is 11.8 Å². The van der Waals surface area contributed by atoms with Gasteiger partial charge >= 0.3 is 0 Å². The first-order chi connectivity index (χ1) is 10.3. The van der Waals surface area contributed by atoms with E-state index in [0.29, 0.717) is 0 Å². The molecule has 1 nitrogen and oxygen atoms in total. The number of halogens is 1. The zero-order valence-corrected chi connectivity index (χ0v) is 14.5. The molecule has 3 heterocycles. The van der Waals surface area contributed by atoms with Gasteiger partial charge < -0.3 is 0 Å². The van der Waals surface area contributed by atoms with Crippen LogP contribution in [-0.2, 0) is 18.6 Å². The van der Waals surface area contributed by atoms with Crippen molar-refractivity contribution in [2.75, 3.05) is 5.75 Å². The molecule has 0 spiro atoms. The summed E-state index contributed by atoms with van der Waals surface area (Å²) in [7, 11) is 0. The summed E-state index contributed by atoms with van der Waals surface area (Å²) in [6.07, 6.45) is 2.03. The van der Waals surface area contributed by atoms with E-state index in [9.17, 15) is 0 Å². The molecule has 21 heavy (non-hydrogen) atoms. The zero-order chi connectivity index (χ0) is 14.2. The van der Waals surface area contributed by atoms with Crippen LogP contribution in [0.2, 0.25) is 0 Å². The van der Waals surface area contributed by atoms with E-state index in [1.807, 2.05) is 29.2 Å². The number of nitrogens with zero attached hydrogens (tertiary/aromatic N) is 1. The van der Waals surface area contributed by atoms with Gasteiger partial charge in [-0.1, -0.05) is 12.1 Å². The Hall–Kier alpha value is -0.550. The molecule has 4 rings (SSSR count). The van der Waals surface area contributed by atoms with E-state index in [0.717, 1.165) is 22.7 Å². The normalized spacial score (nSPS) is 16.0. The molecule has 0 aliphatic carbocycles. The lowest BCUT2D eigenvalue weighted by Crippen LogP contribution is -1.96. The first-order valence-electron chi connectivity index (χ1n) is 6.97. The number of rotatable bonds is 3. The number of para-hydroxylation sites is 1. The van der Waals surface area contributed by atoms with Crippen molar-refractivity contribution < 1.29 is 0 Å². The van der Waals surface area contributed by atoms with Gasteiger partial charge in [0, 0.05) is 21.9 Å². The molecule has 3 aromatic rings. The smallest absolute Gasteiger partial charge is 0.0957 e. The Morgan fingerprint density at radius 2 is 2.14 bits per heavy atom. The second-order valence-electron chi connectivity index (χ2n) is 5.15. The highest BCUT2D eigenvalue weighted by molar-refractivity contribution is 7.98. The first kappa shape index (κ1) is 14.1. The summed E-state index contributed by atoms with van der Waals surface area (Å²) in [6.45, 7) is 0. The number of thiophene rings is 1. The van der Waals surface area contributed by atoms with Crippen molar-refractivity contribution in [3.05, 3.63) is 50.7 Å². The quantitative estimate of drug-likeness (QED) is 0.564. The summed E-state index contributed by atoms with van der Waals surface area (Å²) in [5, 5.41) is 1.18. The number of hydrogen-bond donors (Lipinski definition) is 0. The molecule has 0 saturated heterocycles. The highest BCUT2D eigenvalue weighted by Crippen LogP contribution is 2.38. The van der Waals surface area contributed by atoms with Gasteiger partial charge in [-0.05, 0) is 35.9 Å². The van der Waals surface area contributed by atoms with E-state index in [-0.39, 0.29) is 5.38 Å². The van der Waals surface area contributed by atoms with Crippen LogP contribution in [0.25, 0.3) is 10.2 Å². The molecule has 0 bridgehead atoms. The number of fused-ring (bicyclic) bond motifs is 2. The maximum Gasteiger partial charge on any atom is 0.0957 e. The van der Waals surface area contributed by atoms with Gasteiger partial charge in [0.1, 0.15) is 0 Å². The maximum absolute atomic E-state index is 6.66. The molecule has 0 amide bonds. The minimum absolute atomic E-state index is 0.0474. The number of thiazole rings is 1. The number of alkyl halides is 1. The lowest BCUT2D eigenvalue weighted by atomic mass is 10.2. The second kappa shape index (κ2) is 5.92. The molecular formula is C16H14ClNS3. The summed E-state index contributed by atoms with van der Waals surface area (Å²) in [6, 6.07) is 10.6. The highest BCUT2D eigenvalue weighted by Gasteiger charge is 2.19. The molecule has 0 N–H and O–H groups in total. The highest BCUT2D eigenvalue weighted by atomic mass is 35.5. The monoisotopic (exact) mass is 351 g/mol. The van der Waals surface area contributed by atoms with Crippen molar-refractivity contribution in [2.45, 2.75) is 24.0 Å². The predicted molar refractivity (Wildman–Crippen MR) is 96.1 cm³/mol. The predicted octanol–water partition coefficient (Wildman–Crippen LogP) is 5.67. The van der Waals surface area contributed by atoms with Gasteiger partial charge in [-0.25, -0.2) is 4.98 Å². The van der Waals surface area contributed by atoms with E-state index >= 15 is 0 Å². The van der Waals surface area contributed by atoms with E-state index in [4.69, 9.17) is 16.6 Å². The molecule has 108 valence electrons. The van der Waals surface area contributed by atoms with Crippen LogP contribution >= 0.6 is 46.0 Å². The standard InChI is InChI=1S/C16H14ClNS3/c17-11(15-7-10-9-19-6-5-13(10)20-15)8-16-18-12-3-1-2-4-14(12)21-16/h1-4,7,11H,5-6,8-9H2. The molecule has 0 fully saturated rings. The molecule has 1 aliphatic heterocycles. The zero-order valence-electron chi connectivity index (χ0n) is 11.3. The van der Waals surface area contributed by atoms with E-state index in [1.165, 1.54) is 27.3 Å². The van der Waals surface area contributed by atoms with Gasteiger partial charge in [-0.3, -0.25) is 0 Å². The first-order valence-corrected chi connectivity index (χ1v) is 10.2. The van der Waals surface area contributed by atoms with Crippen LogP contribution in [0.1, 0.15) is 25.7 Å². The third-order valence-electron chi connectivity index (χ3n) is 3.65.